The van der Waals surface area contributed by atoms with Crippen LogP contribution >= 0.6 is 0 Å². The van der Waals surface area contributed by atoms with Crippen molar-refractivity contribution >= 4 is 0 Å². The second-order valence-corrected chi connectivity index (χ2v) is 2.23. The van der Waals surface area contributed by atoms with E-state index in [4.69, 9.17) is 15.0 Å². The van der Waals surface area contributed by atoms with Crippen LogP contribution in [0.4, 0.5) is 0 Å². The Bertz CT molecular complexity index is 223. The standard InChI is InChI=1S/C6H11N3O2/c1-4-8-6(9-11-4)5(7)3-10-2/h5H,3,7H2,1-2H3. The first-order chi connectivity index (χ1) is 5.24. The Morgan fingerprint density at radius 1 is 1.73 bits per heavy atom. The van der Waals surface area contributed by atoms with Crippen molar-refractivity contribution in [2.45, 2.75) is 13.0 Å². The van der Waals surface area contributed by atoms with Gasteiger partial charge in [0.15, 0.2) is 5.82 Å². The second kappa shape index (κ2) is 3.45. The zero-order valence-corrected chi connectivity index (χ0v) is 6.57. The van der Waals surface area contributed by atoms with Crippen LogP contribution in [0.1, 0.15) is 17.8 Å². The lowest BCUT2D eigenvalue weighted by atomic mass is 10.3. The number of nitrogens with zero attached hydrogens (tertiary/aromatic N) is 2. The number of rotatable bonds is 3. The Hall–Kier alpha value is -0.940. The maximum atomic E-state index is 5.61. The maximum Gasteiger partial charge on any atom is 0.223 e. The molecule has 0 saturated heterocycles. The SMILES string of the molecule is COCC(N)c1noc(C)n1. The number of aryl methyl sites for hydroxylation is 1. The lowest BCUT2D eigenvalue weighted by Gasteiger charge is -2.02. The van der Waals surface area contributed by atoms with Gasteiger partial charge < -0.3 is 15.0 Å². The summed E-state index contributed by atoms with van der Waals surface area (Å²) in [6.07, 6.45) is 0. The van der Waals surface area contributed by atoms with E-state index in [0.717, 1.165) is 0 Å². The van der Waals surface area contributed by atoms with Gasteiger partial charge in [-0.1, -0.05) is 5.16 Å². The molecule has 0 aromatic carbocycles. The van der Waals surface area contributed by atoms with E-state index < -0.39 is 0 Å². The molecule has 2 N–H and O–H groups in total. The molecule has 0 aliphatic carbocycles. The van der Waals surface area contributed by atoms with E-state index in [9.17, 15) is 0 Å². The summed E-state index contributed by atoms with van der Waals surface area (Å²) in [6, 6.07) is -0.294. The Morgan fingerprint density at radius 3 is 2.91 bits per heavy atom. The molecule has 1 unspecified atom stereocenters. The molecular weight excluding hydrogens is 146 g/mol. The first-order valence-electron chi connectivity index (χ1n) is 3.28. The molecule has 0 spiro atoms. The molecule has 0 radical (unpaired) electrons. The van der Waals surface area contributed by atoms with Crippen LogP contribution in [-0.2, 0) is 4.74 Å². The number of methoxy groups -OCH3 is 1. The second-order valence-electron chi connectivity index (χ2n) is 2.23. The Labute approximate surface area is 64.5 Å². The van der Waals surface area contributed by atoms with Crippen LogP contribution in [-0.4, -0.2) is 23.9 Å². The van der Waals surface area contributed by atoms with Crippen molar-refractivity contribution in [3.8, 4) is 0 Å². The van der Waals surface area contributed by atoms with E-state index in [1.54, 1.807) is 14.0 Å². The van der Waals surface area contributed by atoms with Crippen molar-refractivity contribution in [3.63, 3.8) is 0 Å². The first-order valence-corrected chi connectivity index (χ1v) is 3.28. The van der Waals surface area contributed by atoms with Gasteiger partial charge in [0.05, 0.1) is 12.6 Å². The Kier molecular flexibility index (Phi) is 2.56. The summed E-state index contributed by atoms with van der Waals surface area (Å²) in [5, 5.41) is 3.64. The summed E-state index contributed by atoms with van der Waals surface area (Å²) in [7, 11) is 1.58. The molecule has 0 fully saturated rings. The van der Waals surface area contributed by atoms with Gasteiger partial charge in [-0.3, -0.25) is 0 Å². The molecule has 1 aromatic rings. The third-order valence-corrected chi connectivity index (χ3v) is 1.22. The highest BCUT2D eigenvalue weighted by molar-refractivity contribution is 4.91. The van der Waals surface area contributed by atoms with Crippen LogP contribution in [0.3, 0.4) is 0 Å². The van der Waals surface area contributed by atoms with Gasteiger partial charge in [0.25, 0.3) is 0 Å². The number of hydrogen-bond donors (Lipinski definition) is 1. The highest BCUT2D eigenvalue weighted by Gasteiger charge is 2.11. The fourth-order valence-electron chi connectivity index (χ4n) is 0.720. The molecule has 0 amide bonds. The molecule has 0 aliphatic rings. The van der Waals surface area contributed by atoms with Gasteiger partial charge in [0.2, 0.25) is 5.89 Å². The van der Waals surface area contributed by atoms with Gasteiger partial charge in [0, 0.05) is 14.0 Å². The monoisotopic (exact) mass is 157 g/mol. The van der Waals surface area contributed by atoms with Crippen LogP contribution in [0.25, 0.3) is 0 Å². The minimum atomic E-state index is -0.294. The average Bonchev–Trinajstić information content (AvgIpc) is 2.36. The van der Waals surface area contributed by atoms with Gasteiger partial charge in [-0.25, -0.2) is 0 Å². The molecular formula is C6H11N3O2. The fraction of sp³-hybridized carbons (Fsp3) is 0.667. The highest BCUT2D eigenvalue weighted by Crippen LogP contribution is 2.04. The quantitative estimate of drug-likeness (QED) is 0.669. The van der Waals surface area contributed by atoms with Gasteiger partial charge in [0.1, 0.15) is 0 Å². The molecule has 5 heteroatoms. The van der Waals surface area contributed by atoms with Crippen molar-refractivity contribution in [2.24, 2.45) is 5.73 Å². The van der Waals surface area contributed by atoms with Crippen LogP contribution in [0, 0.1) is 6.92 Å². The molecule has 1 aromatic heterocycles. The number of nitrogens with two attached hydrogens (primary N) is 1. The Balaban J connectivity index is 2.60. The topological polar surface area (TPSA) is 74.2 Å². The largest absolute Gasteiger partial charge is 0.383 e. The van der Waals surface area contributed by atoms with Gasteiger partial charge in [-0.15, -0.1) is 0 Å². The van der Waals surface area contributed by atoms with E-state index in [-0.39, 0.29) is 6.04 Å². The molecule has 1 atom stereocenters. The molecule has 5 nitrogen and oxygen atoms in total. The third kappa shape index (κ3) is 1.99. The van der Waals surface area contributed by atoms with Crippen LogP contribution in [0.5, 0.6) is 0 Å². The predicted molar refractivity (Wildman–Crippen MR) is 37.8 cm³/mol. The maximum absolute atomic E-state index is 5.61. The molecule has 0 aliphatic heterocycles. The number of ether oxygens (including phenoxy) is 1. The summed E-state index contributed by atoms with van der Waals surface area (Å²) in [5.41, 5.74) is 5.61. The zero-order chi connectivity index (χ0) is 8.27. The highest BCUT2D eigenvalue weighted by atomic mass is 16.5. The van der Waals surface area contributed by atoms with E-state index >= 15 is 0 Å². The minimum Gasteiger partial charge on any atom is -0.383 e. The van der Waals surface area contributed by atoms with E-state index in [0.29, 0.717) is 18.3 Å². The van der Waals surface area contributed by atoms with Gasteiger partial charge >= 0.3 is 0 Å². The fourth-order valence-corrected chi connectivity index (χ4v) is 0.720. The lowest BCUT2D eigenvalue weighted by molar-refractivity contribution is 0.177. The zero-order valence-electron chi connectivity index (χ0n) is 6.57. The molecule has 62 valence electrons. The summed E-state index contributed by atoms with van der Waals surface area (Å²) < 4.78 is 9.56. The summed E-state index contributed by atoms with van der Waals surface area (Å²) >= 11 is 0. The van der Waals surface area contributed by atoms with Crippen molar-refractivity contribution in [1.82, 2.24) is 10.1 Å². The minimum absolute atomic E-state index is 0.294. The van der Waals surface area contributed by atoms with Crippen molar-refractivity contribution in [3.05, 3.63) is 11.7 Å². The third-order valence-electron chi connectivity index (χ3n) is 1.22. The van der Waals surface area contributed by atoms with Gasteiger partial charge in [-0.2, -0.15) is 4.98 Å². The molecule has 11 heavy (non-hydrogen) atoms. The number of aromatic nitrogens is 2. The van der Waals surface area contributed by atoms with Crippen molar-refractivity contribution in [1.29, 1.82) is 0 Å². The molecule has 0 bridgehead atoms. The van der Waals surface area contributed by atoms with Gasteiger partial charge in [-0.05, 0) is 0 Å². The summed E-state index contributed by atoms with van der Waals surface area (Å²) in [5.74, 6) is 1.01. The Morgan fingerprint density at radius 2 is 2.45 bits per heavy atom. The molecule has 0 saturated carbocycles. The number of hydrogen-bond acceptors (Lipinski definition) is 5. The molecule has 1 rings (SSSR count). The van der Waals surface area contributed by atoms with E-state index in [2.05, 4.69) is 10.1 Å². The van der Waals surface area contributed by atoms with E-state index in [1.807, 2.05) is 0 Å². The van der Waals surface area contributed by atoms with Crippen molar-refractivity contribution in [2.75, 3.05) is 13.7 Å². The molecule has 1 heterocycles. The van der Waals surface area contributed by atoms with Crippen LogP contribution in [0.2, 0.25) is 0 Å². The van der Waals surface area contributed by atoms with Crippen LogP contribution in [0.15, 0.2) is 4.52 Å². The van der Waals surface area contributed by atoms with E-state index in [1.165, 1.54) is 0 Å². The smallest absolute Gasteiger partial charge is 0.223 e. The lowest BCUT2D eigenvalue weighted by Crippen LogP contribution is -2.17. The normalized spacial score (nSPS) is 13.4. The van der Waals surface area contributed by atoms with Crippen LogP contribution < -0.4 is 5.73 Å². The summed E-state index contributed by atoms with van der Waals surface area (Å²) in [6.45, 7) is 2.12. The van der Waals surface area contributed by atoms with Crippen molar-refractivity contribution < 1.29 is 9.26 Å². The average molecular weight is 157 g/mol. The summed E-state index contributed by atoms with van der Waals surface area (Å²) in [4.78, 5) is 3.95. The first kappa shape index (κ1) is 8.16. The predicted octanol–water partition coefficient (Wildman–Crippen LogP) is 0.0242.